The summed E-state index contributed by atoms with van der Waals surface area (Å²) in [6.07, 6.45) is 6.44. The van der Waals surface area contributed by atoms with E-state index in [1.807, 2.05) is 0 Å². The van der Waals surface area contributed by atoms with Crippen LogP contribution in [-0.2, 0) is 17.9 Å². The van der Waals surface area contributed by atoms with Crippen LogP contribution >= 0.6 is 0 Å². The van der Waals surface area contributed by atoms with Crippen molar-refractivity contribution < 1.29 is 9.15 Å². The summed E-state index contributed by atoms with van der Waals surface area (Å²) in [4.78, 5) is 0. The predicted octanol–water partition coefficient (Wildman–Crippen LogP) is 4.57. The molecule has 1 aromatic heterocycles. The van der Waals surface area contributed by atoms with Gasteiger partial charge in [-0.1, -0.05) is 20.8 Å². The first-order valence-electron chi connectivity index (χ1n) is 8.40. The molecule has 0 radical (unpaired) electrons. The molecule has 0 aliphatic heterocycles. The van der Waals surface area contributed by atoms with E-state index in [4.69, 9.17) is 9.15 Å². The Balaban J connectivity index is 1.77. The summed E-state index contributed by atoms with van der Waals surface area (Å²) in [5.74, 6) is 2.01. The monoisotopic (exact) mass is 293 g/mol. The average molecular weight is 293 g/mol. The minimum Gasteiger partial charge on any atom is -0.462 e. The minimum absolute atomic E-state index is 0.407. The molecule has 120 valence electrons. The Labute approximate surface area is 129 Å². The van der Waals surface area contributed by atoms with Gasteiger partial charge in [-0.2, -0.15) is 0 Å². The SMILES string of the molecule is CCCNCc1oc(COC2CCC(C)(C)CC2)cc1C. The molecule has 3 heteroatoms. The molecule has 2 rings (SSSR count). The van der Waals surface area contributed by atoms with E-state index in [1.165, 1.54) is 31.2 Å². The zero-order valence-electron chi connectivity index (χ0n) is 14.1. The van der Waals surface area contributed by atoms with E-state index in [-0.39, 0.29) is 0 Å². The molecule has 1 aliphatic carbocycles. The average Bonchev–Trinajstić information content (AvgIpc) is 2.79. The van der Waals surface area contributed by atoms with Crippen molar-refractivity contribution in [3.05, 3.63) is 23.2 Å². The minimum atomic E-state index is 0.407. The van der Waals surface area contributed by atoms with Crippen molar-refractivity contribution in [3.8, 4) is 0 Å². The number of rotatable bonds is 7. The van der Waals surface area contributed by atoms with Crippen LogP contribution in [0.1, 0.15) is 70.0 Å². The van der Waals surface area contributed by atoms with E-state index >= 15 is 0 Å². The Morgan fingerprint density at radius 2 is 2.05 bits per heavy atom. The number of hydrogen-bond acceptors (Lipinski definition) is 3. The van der Waals surface area contributed by atoms with Crippen LogP contribution < -0.4 is 5.32 Å². The van der Waals surface area contributed by atoms with E-state index in [9.17, 15) is 0 Å². The van der Waals surface area contributed by atoms with E-state index in [0.29, 0.717) is 18.1 Å². The van der Waals surface area contributed by atoms with Crippen molar-refractivity contribution in [3.63, 3.8) is 0 Å². The third-order valence-corrected chi connectivity index (χ3v) is 4.53. The molecule has 0 aromatic carbocycles. The first-order valence-corrected chi connectivity index (χ1v) is 8.40. The van der Waals surface area contributed by atoms with Crippen molar-refractivity contribution in [2.24, 2.45) is 5.41 Å². The number of nitrogens with one attached hydrogen (secondary N) is 1. The van der Waals surface area contributed by atoms with Crippen LogP contribution in [0.25, 0.3) is 0 Å². The number of hydrogen-bond donors (Lipinski definition) is 1. The molecule has 21 heavy (non-hydrogen) atoms. The molecular weight excluding hydrogens is 262 g/mol. The molecule has 0 unspecified atom stereocenters. The lowest BCUT2D eigenvalue weighted by Crippen LogP contribution is -2.26. The van der Waals surface area contributed by atoms with Gasteiger partial charge in [-0.15, -0.1) is 0 Å². The number of furan rings is 1. The van der Waals surface area contributed by atoms with Crippen LogP contribution in [0.4, 0.5) is 0 Å². The van der Waals surface area contributed by atoms with Gasteiger partial charge < -0.3 is 14.5 Å². The van der Waals surface area contributed by atoms with Gasteiger partial charge in [0.25, 0.3) is 0 Å². The van der Waals surface area contributed by atoms with Gasteiger partial charge in [0, 0.05) is 0 Å². The molecule has 1 heterocycles. The van der Waals surface area contributed by atoms with Gasteiger partial charge >= 0.3 is 0 Å². The Hall–Kier alpha value is -0.800. The standard InChI is InChI=1S/C18H31NO2/c1-5-10-19-12-17-14(2)11-16(21-17)13-20-15-6-8-18(3,4)9-7-15/h11,15,19H,5-10,12-13H2,1-4H3. The molecule has 0 amide bonds. The fraction of sp³-hybridized carbons (Fsp3) is 0.778. The highest BCUT2D eigenvalue weighted by molar-refractivity contribution is 5.19. The van der Waals surface area contributed by atoms with Crippen molar-refractivity contribution in [1.29, 1.82) is 0 Å². The molecule has 1 saturated carbocycles. The molecule has 1 aromatic rings. The molecule has 1 aliphatic rings. The van der Waals surface area contributed by atoms with Gasteiger partial charge in [0.15, 0.2) is 0 Å². The highest BCUT2D eigenvalue weighted by Gasteiger charge is 2.27. The van der Waals surface area contributed by atoms with E-state index in [2.05, 4.69) is 39.1 Å². The summed E-state index contributed by atoms with van der Waals surface area (Å²) in [7, 11) is 0. The van der Waals surface area contributed by atoms with Gasteiger partial charge in [0.05, 0.1) is 12.6 Å². The smallest absolute Gasteiger partial charge is 0.130 e. The summed E-state index contributed by atoms with van der Waals surface area (Å²) in [5, 5.41) is 3.39. The van der Waals surface area contributed by atoms with E-state index in [0.717, 1.165) is 31.0 Å². The zero-order chi connectivity index (χ0) is 15.3. The third kappa shape index (κ3) is 5.15. The lowest BCUT2D eigenvalue weighted by atomic mass is 9.76. The maximum atomic E-state index is 6.04. The molecule has 3 nitrogen and oxygen atoms in total. The fourth-order valence-corrected chi connectivity index (χ4v) is 2.95. The summed E-state index contributed by atoms with van der Waals surface area (Å²) in [6, 6.07) is 2.12. The largest absolute Gasteiger partial charge is 0.462 e. The van der Waals surface area contributed by atoms with Crippen molar-refractivity contribution in [2.75, 3.05) is 6.54 Å². The first-order chi connectivity index (χ1) is 10.00. The fourth-order valence-electron chi connectivity index (χ4n) is 2.95. The summed E-state index contributed by atoms with van der Waals surface area (Å²) < 4.78 is 11.9. The Bertz CT molecular complexity index is 426. The van der Waals surface area contributed by atoms with Crippen molar-refractivity contribution >= 4 is 0 Å². The zero-order valence-corrected chi connectivity index (χ0v) is 14.1. The maximum absolute atomic E-state index is 6.04. The van der Waals surface area contributed by atoms with Crippen LogP contribution in [0.2, 0.25) is 0 Å². The van der Waals surface area contributed by atoms with Crippen LogP contribution in [-0.4, -0.2) is 12.6 Å². The predicted molar refractivity (Wildman–Crippen MR) is 86.3 cm³/mol. The number of aryl methyl sites for hydroxylation is 1. The van der Waals surface area contributed by atoms with Gasteiger partial charge in [-0.25, -0.2) is 0 Å². The molecule has 1 N–H and O–H groups in total. The number of ether oxygens (including phenoxy) is 1. The van der Waals surface area contributed by atoms with Gasteiger partial charge in [0.1, 0.15) is 18.1 Å². The van der Waals surface area contributed by atoms with Crippen LogP contribution in [0.5, 0.6) is 0 Å². The quantitative estimate of drug-likeness (QED) is 0.748. The first kappa shape index (κ1) is 16.6. The molecule has 1 fully saturated rings. The molecule has 0 spiro atoms. The molecule has 0 bridgehead atoms. The van der Waals surface area contributed by atoms with Crippen LogP contribution in [0, 0.1) is 12.3 Å². The topological polar surface area (TPSA) is 34.4 Å². The van der Waals surface area contributed by atoms with Crippen molar-refractivity contribution in [1.82, 2.24) is 5.32 Å². The summed E-state index contributed by atoms with van der Waals surface area (Å²) in [5.41, 5.74) is 1.72. The molecule has 0 atom stereocenters. The van der Waals surface area contributed by atoms with Crippen LogP contribution in [0.15, 0.2) is 10.5 Å². The highest BCUT2D eigenvalue weighted by atomic mass is 16.5. The van der Waals surface area contributed by atoms with Gasteiger partial charge in [-0.3, -0.25) is 0 Å². The Morgan fingerprint density at radius 3 is 2.71 bits per heavy atom. The second-order valence-corrected chi connectivity index (χ2v) is 7.17. The van der Waals surface area contributed by atoms with E-state index in [1.54, 1.807) is 0 Å². The molecular formula is C18H31NO2. The second-order valence-electron chi connectivity index (χ2n) is 7.17. The Morgan fingerprint density at radius 1 is 1.33 bits per heavy atom. The normalized spacial score (nSPS) is 19.0. The van der Waals surface area contributed by atoms with Gasteiger partial charge in [0.2, 0.25) is 0 Å². The second kappa shape index (κ2) is 7.46. The lowest BCUT2D eigenvalue weighted by Gasteiger charge is -2.34. The lowest BCUT2D eigenvalue weighted by molar-refractivity contribution is -0.0123. The Kier molecular flexibility index (Phi) is 5.88. The van der Waals surface area contributed by atoms with Gasteiger partial charge in [-0.05, 0) is 62.6 Å². The van der Waals surface area contributed by atoms with E-state index < -0.39 is 0 Å². The maximum Gasteiger partial charge on any atom is 0.130 e. The summed E-state index contributed by atoms with van der Waals surface area (Å²) in [6.45, 7) is 11.5. The van der Waals surface area contributed by atoms with Crippen LogP contribution in [0.3, 0.4) is 0 Å². The highest BCUT2D eigenvalue weighted by Crippen LogP contribution is 2.36. The van der Waals surface area contributed by atoms with Crippen molar-refractivity contribution in [2.45, 2.75) is 79.1 Å². The molecule has 0 saturated heterocycles. The third-order valence-electron chi connectivity index (χ3n) is 4.53. The summed E-state index contributed by atoms with van der Waals surface area (Å²) >= 11 is 0.